The van der Waals surface area contributed by atoms with Crippen molar-refractivity contribution in [3.05, 3.63) is 22.7 Å². The van der Waals surface area contributed by atoms with Gasteiger partial charge in [-0.1, -0.05) is 0 Å². The van der Waals surface area contributed by atoms with Gasteiger partial charge in [0.25, 0.3) is 5.82 Å². The fraction of sp³-hybridized carbons (Fsp3) is 0.300. The Morgan fingerprint density at radius 1 is 1.62 bits per heavy atom. The number of esters is 1. The van der Waals surface area contributed by atoms with Gasteiger partial charge in [-0.05, 0) is 18.4 Å². The Hall–Kier alpha value is -1.69. The highest BCUT2D eigenvalue weighted by Crippen LogP contribution is 2.19. The van der Waals surface area contributed by atoms with Crippen molar-refractivity contribution in [3.63, 3.8) is 0 Å². The number of aromatic nitrogens is 3. The first-order valence-corrected chi connectivity index (χ1v) is 5.77. The first-order valence-electron chi connectivity index (χ1n) is 4.83. The summed E-state index contributed by atoms with van der Waals surface area (Å²) < 4.78 is 6.42. The zero-order valence-corrected chi connectivity index (χ0v) is 9.82. The normalized spacial score (nSPS) is 10.4. The number of thiophene rings is 1. The van der Waals surface area contributed by atoms with Crippen LogP contribution in [0.25, 0.3) is 11.4 Å². The molecule has 2 heterocycles. The SMILES string of the molecule is CCOC(=O)c1nc(-c2ccsc2)n(C)n1. The second kappa shape index (κ2) is 4.44. The smallest absolute Gasteiger partial charge is 0.378 e. The zero-order valence-electron chi connectivity index (χ0n) is 9.01. The summed E-state index contributed by atoms with van der Waals surface area (Å²) in [5.41, 5.74) is 0.954. The zero-order chi connectivity index (χ0) is 11.5. The minimum Gasteiger partial charge on any atom is -0.460 e. The maximum absolute atomic E-state index is 11.4. The third-order valence-corrected chi connectivity index (χ3v) is 2.68. The average Bonchev–Trinajstić information content (AvgIpc) is 2.86. The molecule has 0 saturated carbocycles. The number of hydrogen-bond donors (Lipinski definition) is 0. The monoisotopic (exact) mass is 237 g/mol. The summed E-state index contributed by atoms with van der Waals surface area (Å²) in [6.07, 6.45) is 0. The first kappa shape index (κ1) is 10.8. The topological polar surface area (TPSA) is 57.0 Å². The number of ether oxygens (including phenoxy) is 1. The predicted octanol–water partition coefficient (Wildman–Crippen LogP) is 1.72. The maximum atomic E-state index is 11.4. The molecule has 0 saturated heterocycles. The lowest BCUT2D eigenvalue weighted by Gasteiger charge is -1.94. The van der Waals surface area contributed by atoms with Crippen LogP contribution in [0.3, 0.4) is 0 Å². The van der Waals surface area contributed by atoms with Gasteiger partial charge in [-0.25, -0.2) is 14.5 Å². The van der Waals surface area contributed by atoms with Crippen LogP contribution in [0.2, 0.25) is 0 Å². The van der Waals surface area contributed by atoms with Gasteiger partial charge in [0.05, 0.1) is 6.61 Å². The van der Waals surface area contributed by atoms with Crippen LogP contribution in [0.5, 0.6) is 0 Å². The molecular weight excluding hydrogens is 226 g/mol. The molecule has 0 bridgehead atoms. The Morgan fingerprint density at radius 2 is 2.44 bits per heavy atom. The van der Waals surface area contributed by atoms with Crippen LogP contribution in [-0.2, 0) is 11.8 Å². The van der Waals surface area contributed by atoms with Crippen LogP contribution in [0.4, 0.5) is 0 Å². The standard InChI is InChI=1S/C10H11N3O2S/c1-3-15-10(14)8-11-9(13(2)12-8)7-4-5-16-6-7/h4-6H,3H2,1-2H3. The molecule has 5 nitrogen and oxygen atoms in total. The summed E-state index contributed by atoms with van der Waals surface area (Å²) in [6, 6.07) is 1.93. The van der Waals surface area contributed by atoms with Gasteiger partial charge in [-0.15, -0.1) is 5.10 Å². The number of aryl methyl sites for hydroxylation is 1. The summed E-state index contributed by atoms with van der Waals surface area (Å²) in [5.74, 6) is 0.287. The van der Waals surface area contributed by atoms with Crippen molar-refractivity contribution in [2.75, 3.05) is 6.61 Å². The number of rotatable bonds is 3. The van der Waals surface area contributed by atoms with Crippen molar-refractivity contribution >= 4 is 17.3 Å². The minimum atomic E-state index is -0.487. The highest BCUT2D eigenvalue weighted by Gasteiger charge is 2.16. The summed E-state index contributed by atoms with van der Waals surface area (Å²) in [5, 5.41) is 7.93. The first-order chi connectivity index (χ1) is 7.72. The van der Waals surface area contributed by atoms with Gasteiger partial charge in [0.1, 0.15) is 0 Å². The molecule has 0 unspecified atom stereocenters. The second-order valence-corrected chi connectivity index (χ2v) is 3.90. The van der Waals surface area contributed by atoms with E-state index in [0.29, 0.717) is 12.4 Å². The Balaban J connectivity index is 2.32. The van der Waals surface area contributed by atoms with Crippen LogP contribution < -0.4 is 0 Å². The van der Waals surface area contributed by atoms with Crippen molar-refractivity contribution in [1.29, 1.82) is 0 Å². The van der Waals surface area contributed by atoms with Gasteiger partial charge in [-0.3, -0.25) is 0 Å². The molecule has 2 aromatic heterocycles. The molecule has 0 atom stereocenters. The lowest BCUT2D eigenvalue weighted by Crippen LogP contribution is -2.07. The van der Waals surface area contributed by atoms with Crippen molar-refractivity contribution in [2.45, 2.75) is 6.92 Å². The van der Waals surface area contributed by atoms with Gasteiger partial charge < -0.3 is 4.74 Å². The van der Waals surface area contributed by atoms with E-state index in [0.717, 1.165) is 5.56 Å². The largest absolute Gasteiger partial charge is 0.460 e. The lowest BCUT2D eigenvalue weighted by molar-refractivity contribution is 0.0512. The second-order valence-electron chi connectivity index (χ2n) is 3.12. The van der Waals surface area contributed by atoms with Gasteiger partial charge >= 0.3 is 5.97 Å². The van der Waals surface area contributed by atoms with E-state index in [4.69, 9.17) is 4.74 Å². The number of hydrogen-bond acceptors (Lipinski definition) is 5. The van der Waals surface area contributed by atoms with Crippen molar-refractivity contribution in [3.8, 4) is 11.4 Å². The van der Waals surface area contributed by atoms with E-state index in [-0.39, 0.29) is 5.82 Å². The van der Waals surface area contributed by atoms with Crippen LogP contribution in [0.15, 0.2) is 16.8 Å². The Bertz CT molecular complexity index is 490. The van der Waals surface area contributed by atoms with Crippen molar-refractivity contribution in [2.24, 2.45) is 7.05 Å². The van der Waals surface area contributed by atoms with Gasteiger partial charge in [0.2, 0.25) is 0 Å². The molecule has 0 aliphatic heterocycles. The van der Waals surface area contributed by atoms with Gasteiger partial charge in [0, 0.05) is 18.0 Å². The quantitative estimate of drug-likeness (QED) is 0.763. The third kappa shape index (κ3) is 1.96. The van der Waals surface area contributed by atoms with Crippen LogP contribution in [0, 0.1) is 0 Å². The fourth-order valence-corrected chi connectivity index (χ4v) is 1.94. The van der Waals surface area contributed by atoms with E-state index in [2.05, 4.69) is 10.1 Å². The molecule has 2 aromatic rings. The molecule has 2 rings (SSSR count). The van der Waals surface area contributed by atoms with E-state index in [1.165, 1.54) is 0 Å². The fourth-order valence-electron chi connectivity index (χ4n) is 1.31. The van der Waals surface area contributed by atoms with E-state index in [1.54, 1.807) is 30.0 Å². The predicted molar refractivity (Wildman–Crippen MR) is 60.3 cm³/mol. The summed E-state index contributed by atoms with van der Waals surface area (Å²) in [7, 11) is 1.75. The summed E-state index contributed by atoms with van der Waals surface area (Å²) >= 11 is 1.57. The molecule has 0 N–H and O–H groups in total. The van der Waals surface area contributed by atoms with E-state index in [1.807, 2.05) is 16.8 Å². The molecule has 0 spiro atoms. The van der Waals surface area contributed by atoms with Crippen LogP contribution in [0.1, 0.15) is 17.5 Å². The molecule has 0 amide bonds. The minimum absolute atomic E-state index is 0.102. The average molecular weight is 237 g/mol. The van der Waals surface area contributed by atoms with Crippen LogP contribution in [-0.4, -0.2) is 27.3 Å². The molecule has 6 heteroatoms. The highest BCUT2D eigenvalue weighted by atomic mass is 32.1. The highest BCUT2D eigenvalue weighted by molar-refractivity contribution is 7.08. The molecule has 0 fully saturated rings. The van der Waals surface area contributed by atoms with E-state index >= 15 is 0 Å². The third-order valence-electron chi connectivity index (χ3n) is 2.00. The van der Waals surface area contributed by atoms with Gasteiger partial charge in [0.15, 0.2) is 5.82 Å². The number of carbonyl (C=O) groups is 1. The summed E-state index contributed by atoms with van der Waals surface area (Å²) in [4.78, 5) is 15.6. The maximum Gasteiger partial charge on any atom is 0.378 e. The molecule has 0 aliphatic carbocycles. The number of nitrogens with zero attached hydrogens (tertiary/aromatic N) is 3. The Labute approximate surface area is 96.7 Å². The molecule has 0 radical (unpaired) electrons. The van der Waals surface area contributed by atoms with E-state index in [9.17, 15) is 4.79 Å². The van der Waals surface area contributed by atoms with Gasteiger partial charge in [-0.2, -0.15) is 11.3 Å². The van der Waals surface area contributed by atoms with Crippen LogP contribution >= 0.6 is 11.3 Å². The Kier molecular flexibility index (Phi) is 3.00. The molecule has 0 aromatic carbocycles. The Morgan fingerprint density at radius 3 is 3.06 bits per heavy atom. The number of carbonyl (C=O) groups excluding carboxylic acids is 1. The van der Waals surface area contributed by atoms with Crippen molar-refractivity contribution in [1.82, 2.24) is 14.8 Å². The lowest BCUT2D eigenvalue weighted by atomic mass is 10.3. The van der Waals surface area contributed by atoms with Crippen molar-refractivity contribution < 1.29 is 9.53 Å². The van der Waals surface area contributed by atoms with E-state index < -0.39 is 5.97 Å². The molecular formula is C10H11N3O2S. The molecule has 16 heavy (non-hydrogen) atoms. The molecule has 84 valence electrons. The molecule has 0 aliphatic rings. The summed E-state index contributed by atoms with van der Waals surface area (Å²) in [6.45, 7) is 2.07.